The highest BCUT2D eigenvalue weighted by Crippen LogP contribution is 2.24. The van der Waals surface area contributed by atoms with Crippen LogP contribution in [-0.4, -0.2) is 31.7 Å². The summed E-state index contributed by atoms with van der Waals surface area (Å²) in [5.41, 5.74) is 0.0921. The highest BCUT2D eigenvalue weighted by molar-refractivity contribution is 7.92. The Morgan fingerprint density at radius 1 is 1.45 bits per heavy atom. The summed E-state index contributed by atoms with van der Waals surface area (Å²) in [6, 6.07) is 4.16. The first-order valence-corrected chi connectivity index (χ1v) is 7.19. The molecule has 2 N–H and O–H groups in total. The Kier molecular flexibility index (Phi) is 3.96. The number of aromatic amines is 1. The zero-order valence-electron chi connectivity index (χ0n) is 10.3. The van der Waals surface area contributed by atoms with Crippen LogP contribution in [0.5, 0.6) is 0 Å². The molecule has 0 unspecified atom stereocenters. The predicted molar refractivity (Wildman–Crippen MR) is 72.2 cm³/mol. The maximum absolute atomic E-state index is 12.1. The van der Waals surface area contributed by atoms with E-state index in [0.717, 1.165) is 6.20 Å². The fourth-order valence-corrected chi connectivity index (χ4v) is 2.63. The van der Waals surface area contributed by atoms with Gasteiger partial charge < -0.3 is 4.74 Å². The average Bonchev–Trinajstić information content (AvgIpc) is 2.92. The molecule has 1 heterocycles. The van der Waals surface area contributed by atoms with Crippen molar-refractivity contribution in [3.63, 3.8) is 0 Å². The van der Waals surface area contributed by atoms with Gasteiger partial charge in [-0.25, -0.2) is 13.2 Å². The maximum Gasteiger partial charge on any atom is 0.339 e. The summed E-state index contributed by atoms with van der Waals surface area (Å²) in [5.74, 6) is -0.674. The molecule has 2 aromatic rings. The lowest BCUT2D eigenvalue weighted by atomic mass is 10.2. The molecule has 0 fully saturated rings. The molecular weight excluding hydrogens is 306 g/mol. The molecule has 0 aliphatic heterocycles. The number of methoxy groups -OCH3 is 1. The van der Waals surface area contributed by atoms with Crippen LogP contribution in [0.15, 0.2) is 35.5 Å². The number of esters is 1. The lowest BCUT2D eigenvalue weighted by Gasteiger charge is -2.10. The third-order valence-electron chi connectivity index (χ3n) is 2.41. The molecule has 2 rings (SSSR count). The first-order valence-electron chi connectivity index (χ1n) is 5.33. The van der Waals surface area contributed by atoms with Crippen LogP contribution < -0.4 is 4.72 Å². The van der Waals surface area contributed by atoms with Crippen molar-refractivity contribution in [2.24, 2.45) is 0 Å². The van der Waals surface area contributed by atoms with Gasteiger partial charge >= 0.3 is 5.97 Å². The van der Waals surface area contributed by atoms with Gasteiger partial charge in [-0.05, 0) is 18.2 Å². The van der Waals surface area contributed by atoms with Gasteiger partial charge in [-0.2, -0.15) is 5.10 Å². The molecule has 1 aromatic heterocycles. The van der Waals surface area contributed by atoms with Gasteiger partial charge in [0.15, 0.2) is 0 Å². The molecule has 0 aliphatic carbocycles. The van der Waals surface area contributed by atoms with Gasteiger partial charge in [0.25, 0.3) is 10.0 Å². The quantitative estimate of drug-likeness (QED) is 0.835. The van der Waals surface area contributed by atoms with E-state index in [0.29, 0.717) is 0 Å². The molecule has 9 heteroatoms. The molecule has 20 heavy (non-hydrogen) atoms. The van der Waals surface area contributed by atoms with Crippen molar-refractivity contribution in [3.05, 3.63) is 41.2 Å². The monoisotopic (exact) mass is 315 g/mol. The maximum atomic E-state index is 12.1. The standard InChI is InChI=1S/C11H10ClN3O4S/c1-19-11(16)9-3-2-7(12)4-10(9)15-20(17,18)8-5-13-14-6-8/h2-6,15H,1H3,(H,13,14). The molecule has 0 saturated carbocycles. The second-order valence-corrected chi connectivity index (χ2v) is 5.84. The first kappa shape index (κ1) is 14.4. The van der Waals surface area contributed by atoms with Crippen LogP contribution in [-0.2, 0) is 14.8 Å². The fraction of sp³-hybridized carbons (Fsp3) is 0.0909. The molecule has 0 aliphatic rings. The van der Waals surface area contributed by atoms with Crippen LogP contribution >= 0.6 is 11.6 Å². The number of sulfonamides is 1. The van der Waals surface area contributed by atoms with E-state index < -0.39 is 16.0 Å². The van der Waals surface area contributed by atoms with E-state index in [2.05, 4.69) is 19.7 Å². The van der Waals surface area contributed by atoms with Crippen molar-refractivity contribution in [1.29, 1.82) is 0 Å². The summed E-state index contributed by atoms with van der Waals surface area (Å²) in [4.78, 5) is 11.5. The number of hydrogen-bond donors (Lipinski definition) is 2. The number of rotatable bonds is 4. The second-order valence-electron chi connectivity index (χ2n) is 3.72. The summed E-state index contributed by atoms with van der Waals surface area (Å²) in [6.45, 7) is 0. The Hall–Kier alpha value is -2.06. The summed E-state index contributed by atoms with van der Waals surface area (Å²) < 4.78 is 31.0. The van der Waals surface area contributed by atoms with Crippen LogP contribution in [0, 0.1) is 0 Å². The van der Waals surface area contributed by atoms with Crippen molar-refractivity contribution in [2.75, 3.05) is 11.8 Å². The van der Waals surface area contributed by atoms with Crippen LogP contribution in [0.3, 0.4) is 0 Å². The highest BCUT2D eigenvalue weighted by atomic mass is 35.5. The van der Waals surface area contributed by atoms with Crippen molar-refractivity contribution >= 4 is 33.3 Å². The minimum absolute atomic E-state index is 0.0329. The van der Waals surface area contributed by atoms with E-state index in [9.17, 15) is 13.2 Å². The van der Waals surface area contributed by atoms with E-state index >= 15 is 0 Å². The van der Waals surface area contributed by atoms with Gasteiger partial charge in [0.05, 0.1) is 24.6 Å². The minimum Gasteiger partial charge on any atom is -0.465 e. The molecule has 0 saturated heterocycles. The van der Waals surface area contributed by atoms with Gasteiger partial charge in [0, 0.05) is 11.2 Å². The average molecular weight is 316 g/mol. The van der Waals surface area contributed by atoms with Crippen molar-refractivity contribution in [1.82, 2.24) is 10.2 Å². The largest absolute Gasteiger partial charge is 0.465 e. The summed E-state index contributed by atoms with van der Waals surface area (Å²) in [7, 11) is -2.66. The number of nitrogens with one attached hydrogen (secondary N) is 2. The molecule has 0 spiro atoms. The van der Waals surface area contributed by atoms with E-state index in [1.807, 2.05) is 0 Å². The molecule has 1 aromatic carbocycles. The Morgan fingerprint density at radius 2 is 2.20 bits per heavy atom. The zero-order valence-corrected chi connectivity index (χ0v) is 11.8. The zero-order chi connectivity index (χ0) is 14.8. The van der Waals surface area contributed by atoms with Crippen LogP contribution in [0.25, 0.3) is 0 Å². The minimum atomic E-state index is -3.86. The van der Waals surface area contributed by atoms with Gasteiger partial charge in [-0.15, -0.1) is 0 Å². The molecule has 7 nitrogen and oxygen atoms in total. The Labute approximate surface area is 120 Å². The molecule has 0 atom stereocenters. The second kappa shape index (κ2) is 5.51. The summed E-state index contributed by atoms with van der Waals surface area (Å²) in [5, 5.41) is 6.23. The molecule has 0 radical (unpaired) electrons. The van der Waals surface area contributed by atoms with Gasteiger partial charge in [0.2, 0.25) is 0 Å². The van der Waals surface area contributed by atoms with Gasteiger partial charge in [-0.1, -0.05) is 11.6 Å². The number of benzene rings is 1. The molecule has 106 valence electrons. The fourth-order valence-electron chi connectivity index (χ4n) is 1.48. The van der Waals surface area contributed by atoms with Crippen molar-refractivity contribution in [3.8, 4) is 0 Å². The van der Waals surface area contributed by atoms with Gasteiger partial charge in [0.1, 0.15) is 4.90 Å². The molecule has 0 amide bonds. The molecular formula is C11H10ClN3O4S. The lowest BCUT2D eigenvalue weighted by molar-refractivity contribution is 0.0602. The van der Waals surface area contributed by atoms with Crippen LogP contribution in [0.4, 0.5) is 5.69 Å². The van der Waals surface area contributed by atoms with Crippen LogP contribution in [0.1, 0.15) is 10.4 Å². The van der Waals surface area contributed by atoms with E-state index in [1.165, 1.54) is 31.5 Å². The highest BCUT2D eigenvalue weighted by Gasteiger charge is 2.20. The normalized spacial score (nSPS) is 11.1. The summed E-state index contributed by atoms with van der Waals surface area (Å²) in [6.07, 6.45) is 2.36. The Balaban J connectivity index is 2.43. The van der Waals surface area contributed by atoms with Crippen LogP contribution in [0.2, 0.25) is 5.02 Å². The lowest BCUT2D eigenvalue weighted by Crippen LogP contribution is -2.15. The van der Waals surface area contributed by atoms with E-state index in [4.69, 9.17) is 11.6 Å². The SMILES string of the molecule is COC(=O)c1ccc(Cl)cc1NS(=O)(=O)c1cn[nH]c1. The molecule has 0 bridgehead atoms. The smallest absolute Gasteiger partial charge is 0.339 e. The van der Waals surface area contributed by atoms with E-state index in [1.54, 1.807) is 0 Å². The number of carbonyl (C=O) groups is 1. The first-order chi connectivity index (χ1) is 9.44. The van der Waals surface area contributed by atoms with Gasteiger partial charge in [-0.3, -0.25) is 9.82 Å². The number of anilines is 1. The van der Waals surface area contributed by atoms with Crippen molar-refractivity contribution in [2.45, 2.75) is 4.90 Å². The third-order valence-corrected chi connectivity index (χ3v) is 3.98. The Bertz CT molecular complexity index is 728. The number of carbonyl (C=O) groups excluding carboxylic acids is 1. The third kappa shape index (κ3) is 2.91. The van der Waals surface area contributed by atoms with E-state index in [-0.39, 0.29) is 21.2 Å². The number of hydrogen-bond acceptors (Lipinski definition) is 5. The predicted octanol–water partition coefficient (Wildman–Crippen LogP) is 1.65. The van der Waals surface area contributed by atoms with Crippen molar-refractivity contribution < 1.29 is 17.9 Å². The topological polar surface area (TPSA) is 101 Å². The number of ether oxygens (including phenoxy) is 1. The number of nitrogens with zero attached hydrogens (tertiary/aromatic N) is 1. The number of H-pyrrole nitrogens is 1. The Morgan fingerprint density at radius 3 is 2.80 bits per heavy atom. The number of aromatic nitrogens is 2. The number of halogens is 1. The summed E-state index contributed by atoms with van der Waals surface area (Å²) >= 11 is 5.81.